The van der Waals surface area contributed by atoms with Gasteiger partial charge in [0.2, 0.25) is 5.75 Å². The van der Waals surface area contributed by atoms with Gasteiger partial charge in [-0.3, -0.25) is 14.5 Å². The normalized spacial score (nSPS) is 14.9. The summed E-state index contributed by atoms with van der Waals surface area (Å²) >= 11 is 0.886. The van der Waals surface area contributed by atoms with Crippen LogP contribution in [0.5, 0.6) is 23.0 Å². The number of hydrogen-bond acceptors (Lipinski definition) is 7. The largest absolute Gasteiger partial charge is 0.493 e. The molecule has 0 saturated carbocycles. The van der Waals surface area contributed by atoms with Gasteiger partial charge in [-0.25, -0.2) is 0 Å². The molecule has 31 heavy (non-hydrogen) atoms. The smallest absolute Gasteiger partial charge is 0.293 e. The lowest BCUT2D eigenvalue weighted by Gasteiger charge is -2.15. The first-order valence-electron chi connectivity index (χ1n) is 9.64. The van der Waals surface area contributed by atoms with Crippen LogP contribution in [0.3, 0.4) is 0 Å². The minimum atomic E-state index is -0.364. The van der Waals surface area contributed by atoms with Crippen molar-refractivity contribution in [1.82, 2.24) is 4.90 Å². The molecule has 2 amide bonds. The van der Waals surface area contributed by atoms with Crippen LogP contribution >= 0.6 is 11.8 Å². The van der Waals surface area contributed by atoms with Gasteiger partial charge in [0.15, 0.2) is 11.5 Å². The molecule has 1 fully saturated rings. The zero-order valence-electron chi connectivity index (χ0n) is 18.2. The van der Waals surface area contributed by atoms with Crippen LogP contribution in [0.25, 0.3) is 6.08 Å². The number of ether oxygens (including phenoxy) is 4. The molecule has 1 heterocycles. The highest BCUT2D eigenvalue weighted by Crippen LogP contribution is 2.42. The predicted octanol–water partition coefficient (Wildman–Crippen LogP) is 4.44. The standard InChI is InChI=1S/C23H25NO6S/c1-14-6-7-15(2)18(12-14)30-11-10-24-22(25)19(31-23(24)26)13-16-8-9-17(27-3)21(29-5)20(16)28-4/h6-9,12-13H,10-11H2,1-5H3/b19-13-. The third kappa shape index (κ3) is 4.80. The van der Waals surface area contributed by atoms with E-state index < -0.39 is 0 Å². The van der Waals surface area contributed by atoms with E-state index in [9.17, 15) is 9.59 Å². The summed E-state index contributed by atoms with van der Waals surface area (Å²) in [4.78, 5) is 26.7. The molecule has 2 aromatic rings. The number of aryl methyl sites for hydroxylation is 2. The van der Waals surface area contributed by atoms with Crippen LogP contribution in [-0.4, -0.2) is 50.5 Å². The van der Waals surface area contributed by atoms with Gasteiger partial charge in [0, 0.05) is 5.56 Å². The van der Waals surface area contributed by atoms with Crippen molar-refractivity contribution in [1.29, 1.82) is 0 Å². The van der Waals surface area contributed by atoms with Crippen molar-refractivity contribution in [3.05, 3.63) is 51.9 Å². The zero-order chi connectivity index (χ0) is 22.5. The maximum atomic E-state index is 12.8. The van der Waals surface area contributed by atoms with Crippen molar-refractivity contribution < 1.29 is 28.5 Å². The molecule has 0 spiro atoms. The number of amides is 2. The summed E-state index contributed by atoms with van der Waals surface area (Å²) in [6.07, 6.45) is 1.62. The molecule has 3 rings (SSSR count). The van der Waals surface area contributed by atoms with Gasteiger partial charge in [-0.15, -0.1) is 0 Å². The molecule has 0 radical (unpaired) electrons. The van der Waals surface area contributed by atoms with Crippen LogP contribution in [0, 0.1) is 13.8 Å². The fraction of sp³-hybridized carbons (Fsp3) is 0.304. The Morgan fingerprint density at radius 1 is 0.935 bits per heavy atom. The summed E-state index contributed by atoms with van der Waals surface area (Å²) in [6.45, 7) is 4.32. The molecule has 0 bridgehead atoms. The summed E-state index contributed by atoms with van der Waals surface area (Å²) in [7, 11) is 4.54. The number of carbonyl (C=O) groups excluding carboxylic acids is 2. The Balaban J connectivity index is 1.75. The van der Waals surface area contributed by atoms with Crippen molar-refractivity contribution in [3.8, 4) is 23.0 Å². The SMILES string of the molecule is COc1ccc(/C=C2\SC(=O)N(CCOc3cc(C)ccc3C)C2=O)c(OC)c1OC. The lowest BCUT2D eigenvalue weighted by Crippen LogP contribution is -2.32. The van der Waals surface area contributed by atoms with Crippen molar-refractivity contribution in [2.45, 2.75) is 13.8 Å². The molecule has 0 aliphatic carbocycles. The molecule has 1 aliphatic rings. The molecule has 8 heteroatoms. The summed E-state index contributed by atoms with van der Waals surface area (Å²) in [5.41, 5.74) is 2.69. The molecular formula is C23H25NO6S. The van der Waals surface area contributed by atoms with Gasteiger partial charge < -0.3 is 18.9 Å². The molecular weight excluding hydrogens is 418 g/mol. The van der Waals surface area contributed by atoms with Crippen molar-refractivity contribution in [2.24, 2.45) is 0 Å². The van der Waals surface area contributed by atoms with Crippen molar-refractivity contribution in [3.63, 3.8) is 0 Å². The molecule has 1 aliphatic heterocycles. The lowest BCUT2D eigenvalue weighted by atomic mass is 10.1. The monoisotopic (exact) mass is 443 g/mol. The van der Waals surface area contributed by atoms with Gasteiger partial charge in [0.05, 0.1) is 32.8 Å². The van der Waals surface area contributed by atoms with Gasteiger partial charge in [-0.05, 0) is 61.0 Å². The van der Waals surface area contributed by atoms with E-state index in [-0.39, 0.29) is 24.3 Å². The molecule has 0 atom stereocenters. The Bertz CT molecular complexity index is 1030. The molecule has 164 valence electrons. The Kier molecular flexibility index (Phi) is 7.12. The topological polar surface area (TPSA) is 74.3 Å². The Hall–Kier alpha value is -3.13. The minimum Gasteiger partial charge on any atom is -0.493 e. The third-order valence-electron chi connectivity index (χ3n) is 4.81. The number of imide groups is 1. The highest BCUT2D eigenvalue weighted by molar-refractivity contribution is 8.18. The highest BCUT2D eigenvalue weighted by Gasteiger charge is 2.35. The van der Waals surface area contributed by atoms with Gasteiger partial charge in [0.25, 0.3) is 11.1 Å². The van der Waals surface area contributed by atoms with Crippen molar-refractivity contribution in [2.75, 3.05) is 34.5 Å². The first kappa shape index (κ1) is 22.6. The van der Waals surface area contributed by atoms with E-state index in [1.54, 1.807) is 18.2 Å². The van der Waals surface area contributed by atoms with E-state index in [4.69, 9.17) is 18.9 Å². The summed E-state index contributed by atoms with van der Waals surface area (Å²) in [5, 5.41) is -0.333. The summed E-state index contributed by atoms with van der Waals surface area (Å²) < 4.78 is 21.9. The average Bonchev–Trinajstić information content (AvgIpc) is 3.02. The van der Waals surface area contributed by atoms with Crippen LogP contribution < -0.4 is 18.9 Å². The third-order valence-corrected chi connectivity index (χ3v) is 5.72. The first-order chi connectivity index (χ1) is 14.9. The predicted molar refractivity (Wildman–Crippen MR) is 120 cm³/mol. The fourth-order valence-corrected chi connectivity index (χ4v) is 4.04. The quantitative estimate of drug-likeness (QED) is 0.558. The van der Waals surface area contributed by atoms with Crippen molar-refractivity contribution >= 4 is 29.0 Å². The van der Waals surface area contributed by atoms with Crippen LogP contribution in [0.2, 0.25) is 0 Å². The van der Waals surface area contributed by atoms with E-state index in [0.29, 0.717) is 27.7 Å². The second kappa shape index (κ2) is 9.78. The Morgan fingerprint density at radius 2 is 1.68 bits per heavy atom. The summed E-state index contributed by atoms with van der Waals surface area (Å²) in [5.74, 6) is 1.73. The lowest BCUT2D eigenvalue weighted by molar-refractivity contribution is -0.123. The number of methoxy groups -OCH3 is 3. The summed E-state index contributed by atoms with van der Waals surface area (Å²) in [6, 6.07) is 9.38. The number of thioether (sulfide) groups is 1. The van der Waals surface area contributed by atoms with Crippen LogP contribution in [-0.2, 0) is 4.79 Å². The number of hydrogen-bond donors (Lipinski definition) is 0. The van der Waals surface area contributed by atoms with Crippen LogP contribution in [0.15, 0.2) is 35.2 Å². The molecule has 7 nitrogen and oxygen atoms in total. The number of benzene rings is 2. The van der Waals surface area contributed by atoms with Gasteiger partial charge in [-0.2, -0.15) is 0 Å². The highest BCUT2D eigenvalue weighted by atomic mass is 32.2. The Labute approximate surface area is 185 Å². The van der Waals surface area contributed by atoms with Crippen LogP contribution in [0.4, 0.5) is 4.79 Å². The van der Waals surface area contributed by atoms with Gasteiger partial charge in [0.1, 0.15) is 12.4 Å². The minimum absolute atomic E-state index is 0.165. The fourth-order valence-electron chi connectivity index (χ4n) is 3.18. The van der Waals surface area contributed by atoms with E-state index in [1.165, 1.54) is 26.2 Å². The molecule has 0 N–H and O–H groups in total. The maximum absolute atomic E-state index is 12.8. The number of carbonyl (C=O) groups is 2. The van der Waals surface area contributed by atoms with E-state index >= 15 is 0 Å². The number of nitrogens with zero attached hydrogens (tertiary/aromatic N) is 1. The van der Waals surface area contributed by atoms with E-state index in [1.807, 2.05) is 32.0 Å². The molecule has 0 aromatic heterocycles. The van der Waals surface area contributed by atoms with Crippen LogP contribution in [0.1, 0.15) is 16.7 Å². The molecule has 2 aromatic carbocycles. The molecule has 0 unspecified atom stereocenters. The van der Waals surface area contributed by atoms with Gasteiger partial charge in [-0.1, -0.05) is 12.1 Å². The maximum Gasteiger partial charge on any atom is 0.293 e. The van der Waals surface area contributed by atoms with Gasteiger partial charge >= 0.3 is 0 Å². The average molecular weight is 444 g/mol. The zero-order valence-corrected chi connectivity index (χ0v) is 19.0. The molecule has 1 saturated heterocycles. The van der Waals surface area contributed by atoms with E-state index in [0.717, 1.165) is 28.6 Å². The second-order valence-electron chi connectivity index (χ2n) is 6.87. The first-order valence-corrected chi connectivity index (χ1v) is 10.5. The Morgan fingerprint density at radius 3 is 2.35 bits per heavy atom. The van der Waals surface area contributed by atoms with E-state index in [2.05, 4.69) is 0 Å². The second-order valence-corrected chi connectivity index (χ2v) is 7.87. The number of rotatable bonds is 8.